The van der Waals surface area contributed by atoms with Gasteiger partial charge in [-0.15, -0.1) is 0 Å². The van der Waals surface area contributed by atoms with Crippen LogP contribution in [0.3, 0.4) is 0 Å². The van der Waals surface area contributed by atoms with Gasteiger partial charge in [0.05, 0.1) is 0 Å². The summed E-state index contributed by atoms with van der Waals surface area (Å²) in [6, 6.07) is 4.24. The number of hydrogen-bond donors (Lipinski definition) is 2. The number of Topliss-reactive ketones (excluding diaryl/α,β-unsaturated/α-hetero) is 1. The number of nitrogens with one attached hydrogen (secondary N) is 1. The van der Waals surface area contributed by atoms with Crippen LogP contribution in [0.25, 0.3) is 0 Å². The van der Waals surface area contributed by atoms with Crippen LogP contribution < -0.4 is 11.1 Å². The fourth-order valence-electron chi connectivity index (χ4n) is 3.31. The maximum absolute atomic E-state index is 13.2. The number of hydrogen-bond acceptors (Lipinski definition) is 3. The van der Waals surface area contributed by atoms with Crippen LogP contribution in [-0.2, 0) is 0 Å². The largest absolute Gasteiger partial charge is 0.323 e. The molecule has 1 aliphatic carbocycles. The first-order valence-corrected chi connectivity index (χ1v) is 6.41. The molecule has 0 amide bonds. The summed E-state index contributed by atoms with van der Waals surface area (Å²) in [4.78, 5) is 12.2. The molecular formula is C14H17FN2O. The summed E-state index contributed by atoms with van der Waals surface area (Å²) in [6.07, 6.45) is 2.28. The second-order valence-corrected chi connectivity index (χ2v) is 5.42. The normalized spacial score (nSPS) is 26.1. The van der Waals surface area contributed by atoms with E-state index in [1.165, 1.54) is 12.1 Å². The number of piperidine rings is 1. The number of carbonyl (C=O) groups excluding carboxylic acids is 1. The summed E-state index contributed by atoms with van der Waals surface area (Å²) in [6.45, 7) is 1.80. The Bertz CT molecular complexity index is 495. The lowest BCUT2D eigenvalue weighted by atomic mass is 9.63. The molecule has 1 saturated heterocycles. The minimum absolute atomic E-state index is 0.0353. The summed E-state index contributed by atoms with van der Waals surface area (Å²) < 4.78 is 13.2. The molecule has 0 saturated carbocycles. The zero-order valence-corrected chi connectivity index (χ0v) is 10.2. The van der Waals surface area contributed by atoms with Gasteiger partial charge in [0.2, 0.25) is 0 Å². The van der Waals surface area contributed by atoms with E-state index >= 15 is 0 Å². The number of carbonyl (C=O) groups is 1. The predicted octanol–water partition coefficient (Wildman–Crippen LogP) is 1.78. The van der Waals surface area contributed by atoms with Gasteiger partial charge in [-0.3, -0.25) is 4.79 Å². The van der Waals surface area contributed by atoms with E-state index in [-0.39, 0.29) is 23.1 Å². The first kappa shape index (κ1) is 11.8. The maximum Gasteiger partial charge on any atom is 0.163 e. The highest BCUT2D eigenvalue weighted by Gasteiger charge is 2.45. The van der Waals surface area contributed by atoms with Crippen molar-refractivity contribution in [2.45, 2.75) is 25.3 Å². The van der Waals surface area contributed by atoms with Crippen molar-refractivity contribution < 1.29 is 9.18 Å². The third kappa shape index (κ3) is 1.68. The minimum atomic E-state index is -0.365. The van der Waals surface area contributed by atoms with Crippen molar-refractivity contribution in [2.24, 2.45) is 11.1 Å². The molecule has 0 bridgehead atoms. The molecule has 3 rings (SSSR count). The molecule has 0 radical (unpaired) electrons. The molecule has 18 heavy (non-hydrogen) atoms. The topological polar surface area (TPSA) is 55.1 Å². The lowest BCUT2D eigenvalue weighted by Gasteiger charge is -2.45. The molecule has 3 N–H and O–H groups in total. The van der Waals surface area contributed by atoms with Gasteiger partial charge >= 0.3 is 0 Å². The Morgan fingerprint density at radius 2 is 2.06 bits per heavy atom. The Labute approximate surface area is 106 Å². The molecule has 1 heterocycles. The van der Waals surface area contributed by atoms with Gasteiger partial charge in [-0.05, 0) is 49.0 Å². The number of benzene rings is 1. The molecule has 1 aromatic carbocycles. The second-order valence-electron chi connectivity index (χ2n) is 5.42. The van der Waals surface area contributed by atoms with Crippen molar-refractivity contribution in [2.75, 3.05) is 13.1 Å². The Kier molecular flexibility index (Phi) is 2.72. The Morgan fingerprint density at radius 3 is 2.78 bits per heavy atom. The highest BCUT2D eigenvalue weighted by molar-refractivity contribution is 5.99. The zero-order chi connectivity index (χ0) is 12.8. The SMILES string of the molecule is NC1c2ccc(F)cc2C(=O)CC12CCNCC2. The zero-order valence-electron chi connectivity index (χ0n) is 10.2. The molecule has 3 nitrogen and oxygen atoms in total. The van der Waals surface area contributed by atoms with Crippen LogP contribution in [0.1, 0.15) is 41.2 Å². The number of halogens is 1. The maximum atomic E-state index is 13.2. The van der Waals surface area contributed by atoms with Crippen molar-refractivity contribution in [3.05, 3.63) is 35.1 Å². The van der Waals surface area contributed by atoms with Gasteiger partial charge in [-0.25, -0.2) is 4.39 Å². The van der Waals surface area contributed by atoms with E-state index in [9.17, 15) is 9.18 Å². The molecule has 0 aromatic heterocycles. The quantitative estimate of drug-likeness (QED) is 0.736. The van der Waals surface area contributed by atoms with Crippen LogP contribution in [0.5, 0.6) is 0 Å². The molecule has 2 aliphatic rings. The number of fused-ring (bicyclic) bond motifs is 1. The van der Waals surface area contributed by atoms with Crippen LogP contribution in [-0.4, -0.2) is 18.9 Å². The molecule has 4 heteroatoms. The average Bonchev–Trinajstić information content (AvgIpc) is 2.37. The summed E-state index contributed by atoms with van der Waals surface area (Å²) >= 11 is 0. The van der Waals surface area contributed by atoms with E-state index in [0.717, 1.165) is 31.5 Å². The fraction of sp³-hybridized carbons (Fsp3) is 0.500. The van der Waals surface area contributed by atoms with Gasteiger partial charge in [0.1, 0.15) is 5.82 Å². The predicted molar refractivity (Wildman–Crippen MR) is 66.8 cm³/mol. The number of ketones is 1. The highest BCUT2D eigenvalue weighted by Crippen LogP contribution is 2.48. The summed E-state index contributed by atoms with van der Waals surface area (Å²) in [5, 5.41) is 3.30. The van der Waals surface area contributed by atoms with Gasteiger partial charge in [-0.1, -0.05) is 6.07 Å². The average molecular weight is 248 g/mol. The van der Waals surface area contributed by atoms with Gasteiger partial charge in [-0.2, -0.15) is 0 Å². The lowest BCUT2D eigenvalue weighted by Crippen LogP contribution is -2.47. The smallest absolute Gasteiger partial charge is 0.163 e. The van der Waals surface area contributed by atoms with E-state index in [2.05, 4.69) is 5.32 Å². The summed E-state index contributed by atoms with van der Waals surface area (Å²) in [5.74, 6) is -0.330. The number of rotatable bonds is 0. The summed E-state index contributed by atoms with van der Waals surface area (Å²) in [7, 11) is 0. The molecule has 1 spiro atoms. The highest BCUT2D eigenvalue weighted by atomic mass is 19.1. The standard InChI is InChI=1S/C14H17FN2O/c15-9-1-2-10-11(7-9)12(18)8-14(13(10)16)3-5-17-6-4-14/h1-2,7,13,17H,3-6,8,16H2. The van der Waals surface area contributed by atoms with Gasteiger partial charge in [0, 0.05) is 18.0 Å². The van der Waals surface area contributed by atoms with Gasteiger partial charge < -0.3 is 11.1 Å². The first-order chi connectivity index (χ1) is 8.62. The van der Waals surface area contributed by atoms with Crippen molar-refractivity contribution in [3.63, 3.8) is 0 Å². The van der Waals surface area contributed by atoms with Crippen LogP contribution in [0, 0.1) is 11.2 Å². The second kappa shape index (κ2) is 4.14. The minimum Gasteiger partial charge on any atom is -0.323 e. The molecule has 1 unspecified atom stereocenters. The fourth-order valence-corrected chi connectivity index (χ4v) is 3.31. The third-order valence-corrected chi connectivity index (χ3v) is 4.42. The first-order valence-electron chi connectivity index (χ1n) is 6.41. The molecule has 1 aromatic rings. The van der Waals surface area contributed by atoms with Crippen LogP contribution >= 0.6 is 0 Å². The van der Waals surface area contributed by atoms with E-state index in [1.54, 1.807) is 6.07 Å². The Balaban J connectivity index is 2.06. The molecule has 1 atom stereocenters. The van der Waals surface area contributed by atoms with Gasteiger partial charge in [0.25, 0.3) is 0 Å². The lowest BCUT2D eigenvalue weighted by molar-refractivity contribution is 0.0761. The van der Waals surface area contributed by atoms with Crippen molar-refractivity contribution in [1.29, 1.82) is 0 Å². The van der Waals surface area contributed by atoms with Crippen LogP contribution in [0.2, 0.25) is 0 Å². The van der Waals surface area contributed by atoms with Gasteiger partial charge in [0.15, 0.2) is 5.78 Å². The monoisotopic (exact) mass is 248 g/mol. The third-order valence-electron chi connectivity index (χ3n) is 4.42. The van der Waals surface area contributed by atoms with Crippen LogP contribution in [0.15, 0.2) is 18.2 Å². The van der Waals surface area contributed by atoms with E-state index in [0.29, 0.717) is 12.0 Å². The molecular weight excluding hydrogens is 231 g/mol. The van der Waals surface area contributed by atoms with Crippen molar-refractivity contribution in [3.8, 4) is 0 Å². The van der Waals surface area contributed by atoms with E-state index in [1.807, 2.05) is 0 Å². The molecule has 1 aliphatic heterocycles. The Hall–Kier alpha value is -1.26. The summed E-state index contributed by atoms with van der Waals surface area (Å²) in [5.41, 5.74) is 7.53. The van der Waals surface area contributed by atoms with Crippen molar-refractivity contribution >= 4 is 5.78 Å². The van der Waals surface area contributed by atoms with E-state index < -0.39 is 0 Å². The Morgan fingerprint density at radius 1 is 1.33 bits per heavy atom. The van der Waals surface area contributed by atoms with Crippen LogP contribution in [0.4, 0.5) is 4.39 Å². The van der Waals surface area contributed by atoms with Crippen molar-refractivity contribution in [1.82, 2.24) is 5.32 Å². The number of nitrogens with two attached hydrogens (primary N) is 1. The molecule has 96 valence electrons. The molecule has 1 fully saturated rings. The van der Waals surface area contributed by atoms with E-state index in [4.69, 9.17) is 5.73 Å².